The number of aromatic hydroxyl groups is 1. The summed E-state index contributed by atoms with van der Waals surface area (Å²) in [7, 11) is 1.58. The normalized spacial score (nSPS) is 13.4. The van der Waals surface area contributed by atoms with Gasteiger partial charge in [-0.15, -0.1) is 0 Å². The van der Waals surface area contributed by atoms with Gasteiger partial charge in [-0.2, -0.15) is 5.10 Å². The van der Waals surface area contributed by atoms with E-state index in [1.165, 1.54) is 18.9 Å². The number of carbonyl (C=O) groups excluding carboxylic acids is 1. The first kappa shape index (κ1) is 16.2. The number of nitrogens with one attached hydrogen (secondary N) is 2. The summed E-state index contributed by atoms with van der Waals surface area (Å²) in [6, 6.07) is 13.8. The van der Waals surface area contributed by atoms with Gasteiger partial charge in [0.15, 0.2) is 0 Å². The Morgan fingerprint density at radius 2 is 1.96 bits per heavy atom. The molecule has 0 aliphatic heterocycles. The Morgan fingerprint density at radius 1 is 1.19 bits per heavy atom. The largest absolute Gasteiger partial charge is 0.507 e. The highest BCUT2D eigenvalue weighted by Gasteiger charge is 2.26. The maximum atomic E-state index is 12.3. The number of ether oxygens (including phenoxy) is 1. The van der Waals surface area contributed by atoms with Crippen molar-refractivity contribution in [1.82, 2.24) is 10.2 Å². The highest BCUT2D eigenvalue weighted by atomic mass is 16.5. The standard InChI is InChI=1S/C20H19N3O3/c1-26-15-7-4-13(5-8-15)20(25)21-14-6-9-16(19(24)10-14)18-11-17(22-23-18)12-2-3-12/h4-12,24H,2-3H2,1H3,(H,21,25)(H,22,23). The zero-order valence-corrected chi connectivity index (χ0v) is 14.3. The van der Waals surface area contributed by atoms with Crippen LogP contribution in [0.5, 0.6) is 11.5 Å². The van der Waals surface area contributed by atoms with E-state index in [-0.39, 0.29) is 11.7 Å². The summed E-state index contributed by atoms with van der Waals surface area (Å²) < 4.78 is 5.09. The molecule has 3 N–H and O–H groups in total. The van der Waals surface area contributed by atoms with Crippen molar-refractivity contribution in [2.45, 2.75) is 18.8 Å². The summed E-state index contributed by atoms with van der Waals surface area (Å²) >= 11 is 0. The fourth-order valence-electron chi connectivity index (χ4n) is 2.85. The van der Waals surface area contributed by atoms with Crippen LogP contribution in [0.25, 0.3) is 11.3 Å². The molecule has 1 aliphatic carbocycles. The Balaban J connectivity index is 1.50. The van der Waals surface area contributed by atoms with Crippen molar-refractivity contribution in [2.75, 3.05) is 12.4 Å². The van der Waals surface area contributed by atoms with Gasteiger partial charge in [0.1, 0.15) is 11.5 Å². The van der Waals surface area contributed by atoms with Gasteiger partial charge in [-0.25, -0.2) is 0 Å². The van der Waals surface area contributed by atoms with E-state index >= 15 is 0 Å². The number of carbonyl (C=O) groups is 1. The fourth-order valence-corrected chi connectivity index (χ4v) is 2.85. The van der Waals surface area contributed by atoms with Gasteiger partial charge in [0.2, 0.25) is 0 Å². The number of methoxy groups -OCH3 is 1. The topological polar surface area (TPSA) is 87.2 Å². The van der Waals surface area contributed by atoms with Gasteiger partial charge in [-0.1, -0.05) is 0 Å². The molecule has 1 amide bonds. The van der Waals surface area contributed by atoms with Crippen LogP contribution in [0, 0.1) is 0 Å². The lowest BCUT2D eigenvalue weighted by Crippen LogP contribution is -2.11. The summed E-state index contributed by atoms with van der Waals surface area (Å²) in [6.45, 7) is 0. The van der Waals surface area contributed by atoms with Crippen molar-refractivity contribution in [2.24, 2.45) is 0 Å². The van der Waals surface area contributed by atoms with E-state index in [0.717, 1.165) is 5.69 Å². The van der Waals surface area contributed by atoms with Crippen LogP contribution < -0.4 is 10.1 Å². The molecule has 6 nitrogen and oxygen atoms in total. The van der Waals surface area contributed by atoms with E-state index in [4.69, 9.17) is 4.74 Å². The number of phenols is 1. The highest BCUT2D eigenvalue weighted by Crippen LogP contribution is 2.41. The molecule has 0 radical (unpaired) electrons. The molecule has 0 bridgehead atoms. The first-order valence-electron chi connectivity index (χ1n) is 8.48. The lowest BCUT2D eigenvalue weighted by atomic mass is 10.1. The minimum absolute atomic E-state index is 0.0753. The Morgan fingerprint density at radius 3 is 2.62 bits per heavy atom. The summed E-state index contributed by atoms with van der Waals surface area (Å²) in [4.78, 5) is 12.3. The first-order valence-corrected chi connectivity index (χ1v) is 8.48. The summed E-state index contributed by atoms with van der Waals surface area (Å²) in [5.41, 5.74) is 3.48. The minimum atomic E-state index is -0.254. The predicted molar refractivity (Wildman–Crippen MR) is 98.6 cm³/mol. The van der Waals surface area contributed by atoms with Crippen LogP contribution in [0.2, 0.25) is 0 Å². The van der Waals surface area contributed by atoms with E-state index < -0.39 is 0 Å². The van der Waals surface area contributed by atoms with Crippen LogP contribution in [0.3, 0.4) is 0 Å². The lowest BCUT2D eigenvalue weighted by Gasteiger charge is -2.08. The SMILES string of the molecule is COc1ccc(C(=O)Nc2ccc(-c3cc(C4CC4)[nH]n3)c(O)c2)cc1. The predicted octanol–water partition coefficient (Wildman–Crippen LogP) is 3.92. The first-order chi connectivity index (χ1) is 12.6. The summed E-state index contributed by atoms with van der Waals surface area (Å²) in [5.74, 6) is 1.08. The van der Waals surface area contributed by atoms with Crippen molar-refractivity contribution in [1.29, 1.82) is 0 Å². The van der Waals surface area contributed by atoms with E-state index in [1.54, 1.807) is 43.5 Å². The molecule has 1 aromatic heterocycles. The average molecular weight is 349 g/mol. The van der Waals surface area contributed by atoms with E-state index in [0.29, 0.717) is 34.2 Å². The van der Waals surface area contributed by atoms with Gasteiger partial charge in [0.25, 0.3) is 5.91 Å². The molecule has 1 heterocycles. The van der Waals surface area contributed by atoms with Gasteiger partial charge in [-0.3, -0.25) is 9.89 Å². The second-order valence-corrected chi connectivity index (χ2v) is 6.40. The molecule has 0 spiro atoms. The van der Waals surface area contributed by atoms with Crippen molar-refractivity contribution in [3.8, 4) is 22.8 Å². The molecular weight excluding hydrogens is 330 g/mol. The third kappa shape index (κ3) is 3.26. The van der Waals surface area contributed by atoms with Gasteiger partial charge in [0.05, 0.1) is 12.8 Å². The van der Waals surface area contributed by atoms with Crippen molar-refractivity contribution >= 4 is 11.6 Å². The van der Waals surface area contributed by atoms with Crippen LogP contribution in [0.15, 0.2) is 48.5 Å². The zero-order valence-electron chi connectivity index (χ0n) is 14.3. The molecule has 26 heavy (non-hydrogen) atoms. The molecule has 1 saturated carbocycles. The molecule has 0 unspecified atom stereocenters. The smallest absolute Gasteiger partial charge is 0.255 e. The number of H-pyrrole nitrogens is 1. The minimum Gasteiger partial charge on any atom is -0.507 e. The van der Waals surface area contributed by atoms with Crippen LogP contribution in [-0.4, -0.2) is 28.3 Å². The maximum absolute atomic E-state index is 12.3. The number of amides is 1. The van der Waals surface area contributed by atoms with Crippen LogP contribution in [-0.2, 0) is 0 Å². The second kappa shape index (κ2) is 6.55. The fraction of sp³-hybridized carbons (Fsp3) is 0.200. The van der Waals surface area contributed by atoms with E-state index in [2.05, 4.69) is 15.5 Å². The van der Waals surface area contributed by atoms with Crippen molar-refractivity contribution < 1.29 is 14.6 Å². The third-order valence-electron chi connectivity index (χ3n) is 4.50. The van der Waals surface area contributed by atoms with Crippen LogP contribution in [0.4, 0.5) is 5.69 Å². The van der Waals surface area contributed by atoms with Gasteiger partial charge < -0.3 is 15.2 Å². The molecular formula is C20H19N3O3. The van der Waals surface area contributed by atoms with Gasteiger partial charge in [0, 0.05) is 34.5 Å². The molecule has 3 aromatic rings. The van der Waals surface area contributed by atoms with Crippen molar-refractivity contribution in [3.63, 3.8) is 0 Å². The average Bonchev–Trinajstić information content (AvgIpc) is 3.39. The second-order valence-electron chi connectivity index (χ2n) is 6.40. The zero-order chi connectivity index (χ0) is 18.1. The van der Waals surface area contributed by atoms with Crippen molar-refractivity contribution in [3.05, 3.63) is 59.8 Å². The number of aromatic nitrogens is 2. The molecule has 1 aliphatic rings. The monoisotopic (exact) mass is 349 g/mol. The quantitative estimate of drug-likeness (QED) is 0.651. The van der Waals surface area contributed by atoms with Crippen LogP contribution >= 0.6 is 0 Å². The van der Waals surface area contributed by atoms with E-state index in [1.807, 2.05) is 6.07 Å². The number of aromatic amines is 1. The number of anilines is 1. The third-order valence-corrected chi connectivity index (χ3v) is 4.50. The molecule has 0 atom stereocenters. The summed E-state index contributed by atoms with van der Waals surface area (Å²) in [5, 5.41) is 20.4. The molecule has 2 aromatic carbocycles. The molecule has 6 heteroatoms. The van der Waals surface area contributed by atoms with Crippen LogP contribution in [0.1, 0.15) is 34.8 Å². The van der Waals surface area contributed by atoms with Gasteiger partial charge >= 0.3 is 0 Å². The maximum Gasteiger partial charge on any atom is 0.255 e. The number of nitrogens with zero attached hydrogens (tertiary/aromatic N) is 1. The number of phenolic OH excluding ortho intramolecular Hbond substituents is 1. The number of hydrogen-bond donors (Lipinski definition) is 3. The van der Waals surface area contributed by atoms with Gasteiger partial charge in [-0.05, 0) is 55.3 Å². The number of benzene rings is 2. The number of rotatable bonds is 5. The molecule has 132 valence electrons. The Labute approximate surface area is 150 Å². The van der Waals surface area contributed by atoms with E-state index in [9.17, 15) is 9.90 Å². The Hall–Kier alpha value is -3.28. The summed E-state index contributed by atoms with van der Waals surface area (Å²) in [6.07, 6.45) is 2.37. The lowest BCUT2D eigenvalue weighted by molar-refractivity contribution is 0.102. The molecule has 1 fully saturated rings. The number of hydrogen-bond acceptors (Lipinski definition) is 4. The molecule has 4 rings (SSSR count). The Kier molecular flexibility index (Phi) is 4.08. The Bertz CT molecular complexity index is 943. The highest BCUT2D eigenvalue weighted by molar-refractivity contribution is 6.04. The molecule has 0 saturated heterocycles.